The van der Waals surface area contributed by atoms with Crippen molar-refractivity contribution in [2.45, 2.75) is 31.8 Å². The van der Waals surface area contributed by atoms with Gasteiger partial charge in [0.25, 0.3) is 12.0 Å². The minimum atomic E-state index is -3.54. The summed E-state index contributed by atoms with van der Waals surface area (Å²) in [6.07, 6.45) is -4.62. The Hall–Kier alpha value is -6.14. The molecule has 4 aromatic rings. The summed E-state index contributed by atoms with van der Waals surface area (Å²) in [6, 6.07) is 26.0. The topological polar surface area (TPSA) is 186 Å². The van der Waals surface area contributed by atoms with E-state index in [4.69, 9.17) is 15.2 Å². The second-order valence-corrected chi connectivity index (χ2v) is 10.7. The molecule has 0 spiro atoms. The van der Waals surface area contributed by atoms with E-state index >= 15 is 0 Å². The van der Waals surface area contributed by atoms with Gasteiger partial charge in [0.2, 0.25) is 0 Å². The van der Waals surface area contributed by atoms with Crippen LogP contribution in [0.5, 0.6) is 0 Å². The van der Waals surface area contributed by atoms with E-state index in [1.807, 2.05) is 0 Å². The average molecular weight is 636 g/mol. The van der Waals surface area contributed by atoms with Gasteiger partial charge in [0.05, 0.1) is 22.5 Å². The lowest BCUT2D eigenvalue weighted by atomic mass is 9.97. The maximum Gasteiger partial charge on any atom is 0.375 e. The van der Waals surface area contributed by atoms with E-state index in [9.17, 15) is 34.2 Å². The van der Waals surface area contributed by atoms with Gasteiger partial charge in [-0.2, -0.15) is 0 Å². The fourth-order valence-electron chi connectivity index (χ4n) is 5.07. The number of benzodiazepines with no additional fused rings is 1. The first-order valence-corrected chi connectivity index (χ1v) is 14.3. The van der Waals surface area contributed by atoms with E-state index in [-0.39, 0.29) is 28.1 Å². The molecule has 0 aromatic heterocycles. The molecule has 3 atom stereocenters. The number of para-hydroxylation sites is 1. The predicted octanol–water partition coefficient (Wildman–Crippen LogP) is 3.72. The van der Waals surface area contributed by atoms with Crippen molar-refractivity contribution in [3.8, 4) is 0 Å². The molecular weight excluding hydrogens is 606 g/mol. The SMILES string of the molecule is Cc1ccc(C(=O)O[C@H](C(=O)O)[C@](OC(=O)c2ccc(C)cc2)(C(=O)O)N2C(=O)C(N)N=C(c3ccccc3)c3ccccc32)cc1. The predicted molar refractivity (Wildman–Crippen MR) is 169 cm³/mol. The van der Waals surface area contributed by atoms with Crippen LogP contribution in [0.25, 0.3) is 0 Å². The van der Waals surface area contributed by atoms with Gasteiger partial charge in [-0.3, -0.25) is 14.7 Å². The number of carboxylic acids is 2. The molecule has 47 heavy (non-hydrogen) atoms. The molecule has 4 N–H and O–H groups in total. The molecule has 1 amide bonds. The number of anilines is 1. The maximum absolute atomic E-state index is 14.2. The summed E-state index contributed by atoms with van der Waals surface area (Å²) in [6.45, 7) is 3.51. The van der Waals surface area contributed by atoms with Gasteiger partial charge in [0.15, 0.2) is 6.17 Å². The Bertz CT molecular complexity index is 1890. The van der Waals surface area contributed by atoms with E-state index in [1.54, 1.807) is 74.5 Å². The Kier molecular flexibility index (Phi) is 8.97. The van der Waals surface area contributed by atoms with Crippen LogP contribution in [0.1, 0.15) is 43.0 Å². The zero-order valence-corrected chi connectivity index (χ0v) is 25.2. The third kappa shape index (κ3) is 6.22. The number of aliphatic carboxylic acids is 2. The van der Waals surface area contributed by atoms with Crippen LogP contribution < -0.4 is 10.6 Å². The molecule has 0 saturated heterocycles. The first-order chi connectivity index (χ1) is 22.4. The number of carbonyl (C=O) groups excluding carboxylic acids is 3. The van der Waals surface area contributed by atoms with E-state index in [0.29, 0.717) is 10.5 Å². The lowest BCUT2D eigenvalue weighted by molar-refractivity contribution is -0.185. The summed E-state index contributed by atoms with van der Waals surface area (Å²) < 4.78 is 11.0. The number of rotatable bonds is 9. The van der Waals surface area contributed by atoms with E-state index < -0.39 is 47.8 Å². The van der Waals surface area contributed by atoms with Gasteiger partial charge >= 0.3 is 29.6 Å². The van der Waals surface area contributed by atoms with Gasteiger partial charge in [-0.05, 0) is 44.2 Å². The quantitative estimate of drug-likeness (QED) is 0.229. The number of ether oxygens (including phenoxy) is 2. The number of aliphatic imine (C=N–C) groups is 1. The van der Waals surface area contributed by atoms with Crippen LogP contribution in [-0.2, 0) is 23.9 Å². The van der Waals surface area contributed by atoms with Crippen molar-refractivity contribution in [3.05, 3.63) is 137 Å². The number of aryl methyl sites for hydroxylation is 2. The highest BCUT2D eigenvalue weighted by molar-refractivity contribution is 6.21. The van der Waals surface area contributed by atoms with Crippen molar-refractivity contribution in [3.63, 3.8) is 0 Å². The Morgan fingerprint density at radius 3 is 1.87 bits per heavy atom. The lowest BCUT2D eigenvalue weighted by Crippen LogP contribution is -2.71. The molecule has 238 valence electrons. The van der Waals surface area contributed by atoms with Gasteiger partial charge in [0, 0.05) is 11.1 Å². The van der Waals surface area contributed by atoms with E-state index in [2.05, 4.69) is 4.99 Å². The highest BCUT2D eigenvalue weighted by Gasteiger charge is 2.64. The molecule has 5 rings (SSSR count). The number of esters is 2. The third-order valence-corrected chi connectivity index (χ3v) is 7.45. The summed E-state index contributed by atoms with van der Waals surface area (Å²) in [5.41, 5.74) is 4.57. The number of amides is 1. The summed E-state index contributed by atoms with van der Waals surface area (Å²) in [5.74, 6) is -8.00. The first kappa shape index (κ1) is 32.3. The highest BCUT2D eigenvalue weighted by Crippen LogP contribution is 2.38. The van der Waals surface area contributed by atoms with Gasteiger partial charge in [-0.15, -0.1) is 0 Å². The van der Waals surface area contributed by atoms with Gasteiger partial charge in [-0.25, -0.2) is 19.2 Å². The maximum atomic E-state index is 14.2. The minimum Gasteiger partial charge on any atom is -0.478 e. The van der Waals surface area contributed by atoms with Gasteiger partial charge in [-0.1, -0.05) is 83.9 Å². The average Bonchev–Trinajstić information content (AvgIpc) is 3.17. The lowest BCUT2D eigenvalue weighted by Gasteiger charge is -2.42. The molecule has 0 bridgehead atoms. The monoisotopic (exact) mass is 635 g/mol. The smallest absolute Gasteiger partial charge is 0.375 e. The standard InChI is InChI=1S/C35H29N3O9/c1-20-12-16-23(17-13-20)32(42)46-28(31(40)41)35(34(44)45,47-33(43)24-18-14-21(2)15-19-24)38-26-11-7-6-10-25(26)27(37-29(36)30(38)39)22-8-4-3-5-9-22/h3-19,28-29H,36H2,1-2H3,(H,40,41)(H,44,45)/t28-,29?,35+/m1/s1. The largest absolute Gasteiger partial charge is 0.478 e. The van der Waals surface area contributed by atoms with Crippen molar-refractivity contribution in [1.29, 1.82) is 0 Å². The Morgan fingerprint density at radius 2 is 1.32 bits per heavy atom. The number of nitrogens with two attached hydrogens (primary N) is 1. The third-order valence-electron chi connectivity index (χ3n) is 7.45. The van der Waals surface area contributed by atoms with Crippen LogP contribution >= 0.6 is 0 Å². The van der Waals surface area contributed by atoms with Crippen LogP contribution in [0.4, 0.5) is 5.69 Å². The van der Waals surface area contributed by atoms with Crippen LogP contribution in [0.2, 0.25) is 0 Å². The number of hydrogen-bond acceptors (Lipinski definition) is 9. The summed E-state index contributed by atoms with van der Waals surface area (Å²) in [5, 5.41) is 21.5. The number of carboxylic acid groups (broad SMARTS) is 2. The molecule has 12 nitrogen and oxygen atoms in total. The summed E-state index contributed by atoms with van der Waals surface area (Å²) >= 11 is 0. The second kappa shape index (κ2) is 13.1. The van der Waals surface area contributed by atoms with Crippen LogP contribution in [0, 0.1) is 13.8 Å². The number of fused-ring (bicyclic) bond motifs is 1. The highest BCUT2D eigenvalue weighted by atomic mass is 16.6. The van der Waals surface area contributed by atoms with Crippen molar-refractivity contribution in [1.82, 2.24) is 0 Å². The van der Waals surface area contributed by atoms with Gasteiger partial charge < -0.3 is 25.4 Å². The van der Waals surface area contributed by atoms with Crippen LogP contribution in [-0.4, -0.2) is 63.7 Å². The van der Waals surface area contributed by atoms with E-state index in [1.165, 1.54) is 42.5 Å². The molecule has 0 fully saturated rings. The van der Waals surface area contributed by atoms with Crippen LogP contribution in [0.15, 0.2) is 108 Å². The molecule has 4 aromatic carbocycles. The van der Waals surface area contributed by atoms with Gasteiger partial charge in [0.1, 0.15) is 0 Å². The normalized spacial score (nSPS) is 16.1. The molecule has 0 radical (unpaired) electrons. The van der Waals surface area contributed by atoms with Crippen LogP contribution in [0.3, 0.4) is 0 Å². The molecule has 0 saturated carbocycles. The number of benzene rings is 4. The molecule has 1 aliphatic rings. The summed E-state index contributed by atoms with van der Waals surface area (Å²) in [7, 11) is 0. The summed E-state index contributed by atoms with van der Waals surface area (Å²) in [4.78, 5) is 72.7. The second-order valence-electron chi connectivity index (χ2n) is 10.7. The molecule has 12 heteroatoms. The fourth-order valence-corrected chi connectivity index (χ4v) is 5.07. The molecule has 1 aliphatic heterocycles. The first-order valence-electron chi connectivity index (χ1n) is 14.3. The van der Waals surface area contributed by atoms with Crippen molar-refractivity contribution in [2.75, 3.05) is 4.90 Å². The van der Waals surface area contributed by atoms with Crippen molar-refractivity contribution < 1.29 is 43.7 Å². The molecule has 0 aliphatic carbocycles. The number of carbonyl (C=O) groups is 5. The van der Waals surface area contributed by atoms with E-state index in [0.717, 1.165) is 11.1 Å². The van der Waals surface area contributed by atoms with Crippen molar-refractivity contribution >= 4 is 41.2 Å². The molecular formula is C35H29N3O9. The van der Waals surface area contributed by atoms with Crippen molar-refractivity contribution in [2.24, 2.45) is 10.7 Å². The minimum absolute atomic E-state index is 0.125. The fraction of sp³-hybridized carbons (Fsp3) is 0.143. The number of nitrogens with zero attached hydrogens (tertiary/aromatic N) is 2. The Balaban J connectivity index is 1.76. The molecule has 1 unspecified atom stereocenters. The number of hydrogen-bond donors (Lipinski definition) is 3. The zero-order chi connectivity index (χ0) is 33.9. The molecule has 1 heterocycles. The Labute approximate surface area is 268 Å². The Morgan fingerprint density at radius 1 is 0.787 bits per heavy atom. The zero-order valence-electron chi connectivity index (χ0n) is 25.2.